The van der Waals surface area contributed by atoms with E-state index in [-0.39, 0.29) is 0 Å². The van der Waals surface area contributed by atoms with E-state index in [1.165, 1.54) is 25.8 Å². The average molecular weight is 230 g/mol. The second-order valence-corrected chi connectivity index (χ2v) is 4.77. The van der Waals surface area contributed by atoms with Gasteiger partial charge in [-0.15, -0.1) is 0 Å². The number of nitrogens with zero attached hydrogens (tertiary/aromatic N) is 3. The van der Waals surface area contributed by atoms with E-state index in [1.807, 2.05) is 6.07 Å². The first-order valence-electron chi connectivity index (χ1n) is 6.34. The molecule has 1 saturated heterocycles. The summed E-state index contributed by atoms with van der Waals surface area (Å²) in [6.07, 6.45) is 6.64. The minimum atomic E-state index is 0.683. The first-order chi connectivity index (χ1) is 8.34. The zero-order valence-electron chi connectivity index (χ0n) is 10.2. The van der Waals surface area contributed by atoms with Gasteiger partial charge in [0.25, 0.3) is 0 Å². The normalized spacial score (nSPS) is 20.2. The van der Waals surface area contributed by atoms with Gasteiger partial charge in [0.1, 0.15) is 5.82 Å². The third kappa shape index (κ3) is 2.05. The van der Waals surface area contributed by atoms with E-state index in [0.29, 0.717) is 6.04 Å². The fourth-order valence-electron chi connectivity index (χ4n) is 2.60. The second-order valence-electron chi connectivity index (χ2n) is 4.77. The summed E-state index contributed by atoms with van der Waals surface area (Å²) in [4.78, 5) is 8.89. The summed E-state index contributed by atoms with van der Waals surface area (Å²) >= 11 is 0. The van der Waals surface area contributed by atoms with Crippen molar-refractivity contribution in [2.24, 2.45) is 7.05 Å². The minimum absolute atomic E-state index is 0.683. The van der Waals surface area contributed by atoms with E-state index in [9.17, 15) is 0 Å². The first kappa shape index (κ1) is 10.7. The summed E-state index contributed by atoms with van der Waals surface area (Å²) < 4.78 is 2.16. The number of aryl methyl sites for hydroxylation is 2. The lowest BCUT2D eigenvalue weighted by Crippen LogP contribution is -2.22. The van der Waals surface area contributed by atoms with E-state index in [1.54, 1.807) is 6.20 Å². The van der Waals surface area contributed by atoms with Gasteiger partial charge in [-0.3, -0.25) is 0 Å². The number of hydrogen-bond donors (Lipinski definition) is 1. The molecule has 2 aromatic rings. The summed E-state index contributed by atoms with van der Waals surface area (Å²) in [6.45, 7) is 1.18. The van der Waals surface area contributed by atoms with Crippen LogP contribution in [-0.4, -0.2) is 27.1 Å². The van der Waals surface area contributed by atoms with Crippen LogP contribution >= 0.6 is 0 Å². The monoisotopic (exact) mass is 230 g/mol. The molecule has 1 unspecified atom stereocenters. The highest BCUT2D eigenvalue weighted by Crippen LogP contribution is 2.16. The average Bonchev–Trinajstić information content (AvgIpc) is 2.96. The van der Waals surface area contributed by atoms with Crippen molar-refractivity contribution in [3.05, 3.63) is 24.2 Å². The highest BCUT2D eigenvalue weighted by Gasteiger charge is 2.15. The molecule has 0 aliphatic carbocycles. The lowest BCUT2D eigenvalue weighted by Gasteiger charge is -2.09. The van der Waals surface area contributed by atoms with E-state index in [4.69, 9.17) is 0 Å². The Bertz CT molecular complexity index is 511. The molecule has 1 aliphatic heterocycles. The molecule has 3 rings (SSSR count). The zero-order chi connectivity index (χ0) is 11.7. The fourth-order valence-corrected chi connectivity index (χ4v) is 2.60. The standard InChI is InChI=1S/C13H18N4/c1-17-11-5-3-9-15-13(11)16-12(17)7-6-10-4-2-8-14-10/h3,5,9-10,14H,2,4,6-8H2,1H3. The molecule has 3 heterocycles. The molecule has 1 N–H and O–H groups in total. The van der Waals surface area contributed by atoms with Crippen molar-refractivity contribution >= 4 is 11.2 Å². The molecule has 4 heteroatoms. The largest absolute Gasteiger partial charge is 0.330 e. The van der Waals surface area contributed by atoms with Crippen molar-refractivity contribution in [1.82, 2.24) is 19.9 Å². The van der Waals surface area contributed by atoms with Crippen molar-refractivity contribution in [2.45, 2.75) is 31.7 Å². The molecule has 0 saturated carbocycles. The van der Waals surface area contributed by atoms with Crippen molar-refractivity contribution < 1.29 is 0 Å². The third-order valence-corrected chi connectivity index (χ3v) is 3.63. The number of pyridine rings is 1. The van der Waals surface area contributed by atoms with Crippen LogP contribution < -0.4 is 5.32 Å². The molecule has 1 aliphatic rings. The van der Waals surface area contributed by atoms with Gasteiger partial charge in [0.05, 0.1) is 5.52 Å². The van der Waals surface area contributed by atoms with Gasteiger partial charge in [0, 0.05) is 25.7 Å². The zero-order valence-corrected chi connectivity index (χ0v) is 10.2. The van der Waals surface area contributed by atoms with Gasteiger partial charge in [-0.2, -0.15) is 0 Å². The van der Waals surface area contributed by atoms with Gasteiger partial charge < -0.3 is 9.88 Å². The minimum Gasteiger partial charge on any atom is -0.330 e. The van der Waals surface area contributed by atoms with Gasteiger partial charge >= 0.3 is 0 Å². The van der Waals surface area contributed by atoms with Crippen molar-refractivity contribution in [3.63, 3.8) is 0 Å². The molecule has 0 aromatic carbocycles. The highest BCUT2D eigenvalue weighted by molar-refractivity contribution is 5.71. The SMILES string of the molecule is Cn1c(CCC2CCCN2)nc2ncccc21. The molecule has 4 nitrogen and oxygen atoms in total. The number of imidazole rings is 1. The second kappa shape index (κ2) is 4.45. The molecule has 2 aromatic heterocycles. The topological polar surface area (TPSA) is 42.7 Å². The van der Waals surface area contributed by atoms with E-state index in [2.05, 4.69) is 33.0 Å². The molecule has 1 atom stereocenters. The maximum Gasteiger partial charge on any atom is 0.177 e. The number of fused-ring (bicyclic) bond motifs is 1. The quantitative estimate of drug-likeness (QED) is 0.872. The van der Waals surface area contributed by atoms with Gasteiger partial charge in [-0.05, 0) is 37.9 Å². The fraction of sp³-hybridized carbons (Fsp3) is 0.538. The lowest BCUT2D eigenvalue weighted by atomic mass is 10.1. The Balaban J connectivity index is 1.78. The molecule has 0 spiro atoms. The third-order valence-electron chi connectivity index (χ3n) is 3.63. The van der Waals surface area contributed by atoms with Crippen LogP contribution in [0.15, 0.2) is 18.3 Å². The van der Waals surface area contributed by atoms with Gasteiger partial charge in [-0.1, -0.05) is 0 Å². The smallest absolute Gasteiger partial charge is 0.177 e. The maximum absolute atomic E-state index is 4.60. The molecule has 1 fully saturated rings. The van der Waals surface area contributed by atoms with E-state index < -0.39 is 0 Å². The predicted molar refractivity (Wildman–Crippen MR) is 67.9 cm³/mol. The Kier molecular flexibility index (Phi) is 2.81. The Morgan fingerprint density at radius 2 is 2.47 bits per heavy atom. The van der Waals surface area contributed by atoms with Crippen LogP contribution in [-0.2, 0) is 13.5 Å². The Morgan fingerprint density at radius 3 is 3.24 bits per heavy atom. The summed E-state index contributed by atoms with van der Waals surface area (Å²) in [7, 11) is 2.08. The highest BCUT2D eigenvalue weighted by atomic mass is 15.1. The lowest BCUT2D eigenvalue weighted by molar-refractivity contribution is 0.546. The number of hydrogen-bond acceptors (Lipinski definition) is 3. The predicted octanol–water partition coefficient (Wildman–Crippen LogP) is 1.65. The van der Waals surface area contributed by atoms with Gasteiger partial charge in [-0.25, -0.2) is 9.97 Å². The van der Waals surface area contributed by atoms with Crippen LogP contribution in [0.2, 0.25) is 0 Å². The molecule has 90 valence electrons. The summed E-state index contributed by atoms with van der Waals surface area (Å²) in [5.41, 5.74) is 1.99. The number of aromatic nitrogens is 3. The summed E-state index contributed by atoms with van der Waals surface area (Å²) in [5, 5.41) is 3.53. The maximum atomic E-state index is 4.60. The van der Waals surface area contributed by atoms with Crippen molar-refractivity contribution in [1.29, 1.82) is 0 Å². The Hall–Kier alpha value is -1.42. The van der Waals surface area contributed by atoms with Crippen LogP contribution in [0.25, 0.3) is 11.2 Å². The van der Waals surface area contributed by atoms with Crippen LogP contribution in [0, 0.1) is 0 Å². The number of rotatable bonds is 3. The van der Waals surface area contributed by atoms with Crippen molar-refractivity contribution in [3.8, 4) is 0 Å². The molecule has 0 radical (unpaired) electrons. The van der Waals surface area contributed by atoms with Crippen LogP contribution in [0.3, 0.4) is 0 Å². The molecular weight excluding hydrogens is 212 g/mol. The van der Waals surface area contributed by atoms with E-state index >= 15 is 0 Å². The van der Waals surface area contributed by atoms with Gasteiger partial charge in [0.15, 0.2) is 5.65 Å². The molecule has 17 heavy (non-hydrogen) atoms. The Morgan fingerprint density at radius 1 is 1.53 bits per heavy atom. The van der Waals surface area contributed by atoms with E-state index in [0.717, 1.165) is 23.4 Å². The van der Waals surface area contributed by atoms with Crippen LogP contribution in [0.4, 0.5) is 0 Å². The first-order valence-corrected chi connectivity index (χ1v) is 6.34. The molecule has 0 bridgehead atoms. The van der Waals surface area contributed by atoms with Crippen LogP contribution in [0.1, 0.15) is 25.1 Å². The molecular formula is C13H18N4. The number of nitrogens with one attached hydrogen (secondary N) is 1. The summed E-state index contributed by atoms with van der Waals surface area (Å²) in [6, 6.07) is 4.72. The summed E-state index contributed by atoms with van der Waals surface area (Å²) in [5.74, 6) is 1.15. The van der Waals surface area contributed by atoms with Crippen LogP contribution in [0.5, 0.6) is 0 Å². The molecule has 0 amide bonds. The van der Waals surface area contributed by atoms with Crippen molar-refractivity contribution in [2.75, 3.05) is 6.54 Å². The Labute approximate surface area is 101 Å². The van der Waals surface area contributed by atoms with Gasteiger partial charge in [0.2, 0.25) is 0 Å².